The molecular formula is C23H16F3NO. The number of carbonyl (C=O) groups excluding carboxylic acids is 1. The molecule has 3 aromatic rings. The summed E-state index contributed by atoms with van der Waals surface area (Å²) in [7, 11) is 0. The Labute approximate surface area is 160 Å². The first-order valence-corrected chi connectivity index (χ1v) is 8.77. The van der Waals surface area contributed by atoms with E-state index in [0.717, 1.165) is 28.9 Å². The summed E-state index contributed by atoms with van der Waals surface area (Å²) in [6.07, 6.45) is -2.74. The highest BCUT2D eigenvalue weighted by molar-refractivity contribution is 6.35. The molecule has 0 N–H and O–H groups in total. The molecule has 0 spiro atoms. The molecule has 0 aliphatic carbocycles. The number of fused-ring (bicyclic) bond motifs is 1. The fourth-order valence-electron chi connectivity index (χ4n) is 3.30. The molecule has 0 fully saturated rings. The summed E-state index contributed by atoms with van der Waals surface area (Å²) >= 11 is 0. The summed E-state index contributed by atoms with van der Waals surface area (Å²) < 4.78 is 38.3. The molecule has 3 aromatic carbocycles. The highest BCUT2D eigenvalue weighted by Gasteiger charge is 2.32. The Kier molecular flexibility index (Phi) is 4.51. The predicted molar refractivity (Wildman–Crippen MR) is 103 cm³/mol. The van der Waals surface area contributed by atoms with Gasteiger partial charge in [0.2, 0.25) is 0 Å². The minimum atomic E-state index is -4.38. The van der Waals surface area contributed by atoms with E-state index in [-0.39, 0.29) is 5.91 Å². The second-order valence-electron chi connectivity index (χ2n) is 6.57. The van der Waals surface area contributed by atoms with Gasteiger partial charge in [-0.05, 0) is 35.4 Å². The van der Waals surface area contributed by atoms with Crippen LogP contribution in [-0.4, -0.2) is 5.91 Å². The highest BCUT2D eigenvalue weighted by atomic mass is 19.4. The largest absolute Gasteiger partial charge is 0.416 e. The van der Waals surface area contributed by atoms with Crippen molar-refractivity contribution in [3.63, 3.8) is 0 Å². The van der Waals surface area contributed by atoms with Crippen molar-refractivity contribution in [2.24, 2.45) is 0 Å². The van der Waals surface area contributed by atoms with E-state index in [4.69, 9.17) is 0 Å². The molecule has 4 rings (SSSR count). The number of benzene rings is 3. The first-order chi connectivity index (χ1) is 13.4. The van der Waals surface area contributed by atoms with Gasteiger partial charge in [0.25, 0.3) is 5.91 Å². The number of hydrogen-bond acceptors (Lipinski definition) is 1. The van der Waals surface area contributed by atoms with E-state index < -0.39 is 11.7 Å². The van der Waals surface area contributed by atoms with Gasteiger partial charge >= 0.3 is 6.18 Å². The lowest BCUT2D eigenvalue weighted by atomic mass is 10.0. The third kappa shape index (κ3) is 3.43. The average Bonchev–Trinajstić information content (AvgIpc) is 2.95. The second kappa shape index (κ2) is 7.00. The second-order valence-corrected chi connectivity index (χ2v) is 6.57. The highest BCUT2D eigenvalue weighted by Crippen LogP contribution is 2.38. The topological polar surface area (TPSA) is 20.3 Å². The number of halogens is 3. The molecule has 0 saturated heterocycles. The zero-order valence-electron chi connectivity index (χ0n) is 14.8. The Morgan fingerprint density at radius 3 is 2.14 bits per heavy atom. The van der Waals surface area contributed by atoms with E-state index in [1.165, 1.54) is 12.1 Å². The molecule has 0 bridgehead atoms. The van der Waals surface area contributed by atoms with Crippen molar-refractivity contribution in [2.75, 3.05) is 4.90 Å². The van der Waals surface area contributed by atoms with Gasteiger partial charge in [-0.15, -0.1) is 0 Å². The fourth-order valence-corrected chi connectivity index (χ4v) is 3.30. The minimum Gasteiger partial charge on any atom is -0.303 e. The normalized spacial score (nSPS) is 15.2. The molecule has 0 radical (unpaired) electrons. The molecule has 0 saturated carbocycles. The summed E-state index contributed by atoms with van der Waals surface area (Å²) in [6.45, 7) is 0.432. The summed E-state index contributed by atoms with van der Waals surface area (Å²) in [4.78, 5) is 14.8. The number of carbonyl (C=O) groups is 1. The number of alkyl halides is 3. The van der Waals surface area contributed by atoms with Crippen molar-refractivity contribution in [3.05, 3.63) is 101 Å². The molecule has 0 aromatic heterocycles. The number of rotatable bonds is 3. The molecule has 0 unspecified atom stereocenters. The molecule has 140 valence electrons. The van der Waals surface area contributed by atoms with E-state index in [1.54, 1.807) is 11.0 Å². The van der Waals surface area contributed by atoms with Crippen LogP contribution < -0.4 is 4.90 Å². The SMILES string of the molecule is O=C1/C(=C\c2ccc(C(F)(F)F)cc2)c2ccccc2N1Cc1ccccc1. The quantitative estimate of drug-likeness (QED) is 0.527. The van der Waals surface area contributed by atoms with Gasteiger partial charge in [0.15, 0.2) is 0 Å². The number of amides is 1. The average molecular weight is 379 g/mol. The van der Waals surface area contributed by atoms with Gasteiger partial charge in [-0.2, -0.15) is 13.2 Å². The minimum absolute atomic E-state index is 0.162. The molecular weight excluding hydrogens is 363 g/mol. The van der Waals surface area contributed by atoms with Gasteiger partial charge in [0, 0.05) is 11.1 Å². The van der Waals surface area contributed by atoms with Crippen LogP contribution in [0, 0.1) is 0 Å². The van der Waals surface area contributed by atoms with Crippen LogP contribution in [0.5, 0.6) is 0 Å². The zero-order chi connectivity index (χ0) is 19.7. The molecule has 0 atom stereocenters. The van der Waals surface area contributed by atoms with Gasteiger partial charge in [-0.1, -0.05) is 60.7 Å². The zero-order valence-corrected chi connectivity index (χ0v) is 14.8. The Morgan fingerprint density at radius 2 is 1.46 bits per heavy atom. The van der Waals surface area contributed by atoms with Gasteiger partial charge in [0.05, 0.1) is 17.8 Å². The monoisotopic (exact) mass is 379 g/mol. The van der Waals surface area contributed by atoms with Crippen LogP contribution in [0.15, 0.2) is 78.9 Å². The lowest BCUT2D eigenvalue weighted by molar-refractivity contribution is -0.137. The molecule has 1 aliphatic heterocycles. The van der Waals surface area contributed by atoms with Crippen molar-refractivity contribution < 1.29 is 18.0 Å². The van der Waals surface area contributed by atoms with Crippen molar-refractivity contribution in [1.29, 1.82) is 0 Å². The number of para-hydroxylation sites is 1. The van der Waals surface area contributed by atoms with Gasteiger partial charge in [-0.25, -0.2) is 0 Å². The molecule has 2 nitrogen and oxygen atoms in total. The van der Waals surface area contributed by atoms with E-state index in [1.807, 2.05) is 54.6 Å². The number of hydrogen-bond donors (Lipinski definition) is 0. The van der Waals surface area contributed by atoms with Crippen molar-refractivity contribution >= 4 is 23.2 Å². The van der Waals surface area contributed by atoms with E-state index in [0.29, 0.717) is 17.7 Å². The summed E-state index contributed by atoms with van der Waals surface area (Å²) in [5.74, 6) is -0.162. The molecule has 1 aliphatic rings. The Balaban J connectivity index is 1.70. The maximum Gasteiger partial charge on any atom is 0.416 e. The summed E-state index contributed by atoms with van der Waals surface area (Å²) in [5, 5.41) is 0. The van der Waals surface area contributed by atoms with Crippen LogP contribution in [0.3, 0.4) is 0 Å². The van der Waals surface area contributed by atoms with Gasteiger partial charge in [-0.3, -0.25) is 4.79 Å². The third-order valence-corrected chi connectivity index (χ3v) is 4.69. The molecule has 28 heavy (non-hydrogen) atoms. The van der Waals surface area contributed by atoms with Crippen LogP contribution in [0.2, 0.25) is 0 Å². The molecule has 5 heteroatoms. The standard InChI is InChI=1S/C23H16F3NO/c24-23(25,26)18-12-10-16(11-13-18)14-20-19-8-4-5-9-21(19)27(22(20)28)15-17-6-2-1-3-7-17/h1-14H,15H2/b20-14-. The summed E-state index contributed by atoms with van der Waals surface area (Å²) in [6, 6.07) is 21.9. The van der Waals surface area contributed by atoms with E-state index in [9.17, 15) is 18.0 Å². The van der Waals surface area contributed by atoms with Crippen LogP contribution in [-0.2, 0) is 17.5 Å². The Hall–Kier alpha value is -3.34. The third-order valence-electron chi connectivity index (χ3n) is 4.69. The fraction of sp³-hybridized carbons (Fsp3) is 0.0870. The maximum absolute atomic E-state index is 13.1. The van der Waals surface area contributed by atoms with Crippen molar-refractivity contribution in [2.45, 2.75) is 12.7 Å². The van der Waals surface area contributed by atoms with E-state index in [2.05, 4.69) is 0 Å². The van der Waals surface area contributed by atoms with Crippen LogP contribution in [0.25, 0.3) is 11.6 Å². The number of nitrogens with zero attached hydrogens (tertiary/aromatic N) is 1. The number of anilines is 1. The van der Waals surface area contributed by atoms with Crippen LogP contribution >= 0.6 is 0 Å². The smallest absolute Gasteiger partial charge is 0.303 e. The van der Waals surface area contributed by atoms with Gasteiger partial charge < -0.3 is 4.90 Å². The van der Waals surface area contributed by atoms with E-state index >= 15 is 0 Å². The first-order valence-electron chi connectivity index (χ1n) is 8.77. The predicted octanol–water partition coefficient (Wildman–Crippen LogP) is 5.79. The maximum atomic E-state index is 13.1. The molecule has 1 heterocycles. The first kappa shape index (κ1) is 18.0. The lowest BCUT2D eigenvalue weighted by Crippen LogP contribution is -2.25. The van der Waals surface area contributed by atoms with Gasteiger partial charge in [0.1, 0.15) is 0 Å². The Morgan fingerprint density at radius 1 is 0.821 bits per heavy atom. The lowest BCUT2D eigenvalue weighted by Gasteiger charge is -2.17. The van der Waals surface area contributed by atoms with Crippen molar-refractivity contribution in [1.82, 2.24) is 0 Å². The van der Waals surface area contributed by atoms with Crippen LogP contribution in [0.1, 0.15) is 22.3 Å². The van der Waals surface area contributed by atoms with Crippen molar-refractivity contribution in [3.8, 4) is 0 Å². The molecule has 1 amide bonds. The van der Waals surface area contributed by atoms with Crippen LogP contribution in [0.4, 0.5) is 18.9 Å². The Bertz CT molecular complexity index is 1040. The summed E-state index contributed by atoms with van der Waals surface area (Å²) in [5.41, 5.74) is 2.90.